The third kappa shape index (κ3) is 3.42. The lowest BCUT2D eigenvalue weighted by Crippen LogP contribution is -2.46. The highest BCUT2D eigenvalue weighted by Gasteiger charge is 2.35. The molecule has 2 amide bonds. The zero-order valence-electron chi connectivity index (χ0n) is 16.1. The molecule has 1 unspecified atom stereocenters. The lowest BCUT2D eigenvalue weighted by atomic mass is 10.1. The fourth-order valence-corrected chi connectivity index (χ4v) is 3.43. The Morgan fingerprint density at radius 1 is 1.10 bits per heavy atom. The van der Waals surface area contributed by atoms with E-state index in [1.807, 2.05) is 31.2 Å². The van der Waals surface area contributed by atoms with Crippen molar-refractivity contribution in [3.8, 4) is 0 Å². The number of nitrogens with zero attached hydrogens (tertiary/aromatic N) is 4. The van der Waals surface area contributed by atoms with E-state index in [9.17, 15) is 9.59 Å². The smallest absolute Gasteiger partial charge is 0.337 e. The number of hydrogen-bond donors (Lipinski definition) is 0. The van der Waals surface area contributed by atoms with E-state index in [-0.39, 0.29) is 12.1 Å². The number of aromatic nitrogens is 2. The molecule has 1 aliphatic heterocycles. The summed E-state index contributed by atoms with van der Waals surface area (Å²) in [5, 5.41) is 0. The molecule has 0 saturated heterocycles. The van der Waals surface area contributed by atoms with E-state index < -0.39 is 5.97 Å². The van der Waals surface area contributed by atoms with Crippen molar-refractivity contribution in [1.82, 2.24) is 14.9 Å². The molecule has 0 N–H and O–H groups in total. The summed E-state index contributed by atoms with van der Waals surface area (Å²) in [7, 11) is 1.34. The van der Waals surface area contributed by atoms with Crippen molar-refractivity contribution < 1.29 is 14.3 Å². The number of amides is 2. The van der Waals surface area contributed by atoms with Gasteiger partial charge in [-0.2, -0.15) is 0 Å². The second kappa shape index (κ2) is 7.71. The van der Waals surface area contributed by atoms with E-state index in [2.05, 4.69) is 9.97 Å². The first-order chi connectivity index (χ1) is 14.1. The van der Waals surface area contributed by atoms with E-state index >= 15 is 0 Å². The highest BCUT2D eigenvalue weighted by Crippen LogP contribution is 2.36. The number of ether oxygens (including phenoxy) is 1. The minimum Gasteiger partial charge on any atom is -0.465 e. The van der Waals surface area contributed by atoms with Crippen LogP contribution in [0.25, 0.3) is 0 Å². The minimum absolute atomic E-state index is 0.165. The van der Waals surface area contributed by atoms with E-state index in [1.54, 1.807) is 52.7 Å². The Morgan fingerprint density at radius 2 is 1.86 bits per heavy atom. The molecule has 146 valence electrons. The van der Waals surface area contributed by atoms with Crippen molar-refractivity contribution in [2.45, 2.75) is 19.5 Å². The first-order valence-electron chi connectivity index (χ1n) is 9.23. The van der Waals surface area contributed by atoms with Crippen LogP contribution in [-0.4, -0.2) is 34.0 Å². The zero-order valence-corrected chi connectivity index (χ0v) is 16.1. The quantitative estimate of drug-likeness (QED) is 0.629. The molecule has 29 heavy (non-hydrogen) atoms. The first kappa shape index (κ1) is 18.6. The Labute approximate surface area is 168 Å². The van der Waals surface area contributed by atoms with Crippen LogP contribution in [0.4, 0.5) is 16.3 Å². The first-order valence-corrected chi connectivity index (χ1v) is 9.23. The molecule has 1 atom stereocenters. The van der Waals surface area contributed by atoms with Crippen molar-refractivity contribution >= 4 is 23.5 Å². The second-order valence-electron chi connectivity index (χ2n) is 6.73. The van der Waals surface area contributed by atoms with Gasteiger partial charge in [0.25, 0.3) is 0 Å². The zero-order chi connectivity index (χ0) is 20.4. The van der Waals surface area contributed by atoms with Gasteiger partial charge in [0.15, 0.2) is 0 Å². The van der Waals surface area contributed by atoms with Crippen LogP contribution in [0.3, 0.4) is 0 Å². The van der Waals surface area contributed by atoms with Crippen molar-refractivity contribution in [2.24, 2.45) is 0 Å². The Morgan fingerprint density at radius 3 is 2.55 bits per heavy atom. The van der Waals surface area contributed by atoms with Crippen LogP contribution in [0.2, 0.25) is 0 Å². The molecule has 1 aliphatic rings. The second-order valence-corrected chi connectivity index (χ2v) is 6.73. The van der Waals surface area contributed by atoms with Crippen LogP contribution in [-0.2, 0) is 11.3 Å². The molecule has 1 aromatic carbocycles. The van der Waals surface area contributed by atoms with Crippen LogP contribution in [0, 0.1) is 0 Å². The third-order valence-electron chi connectivity index (χ3n) is 5.04. The maximum atomic E-state index is 13.5. The van der Waals surface area contributed by atoms with Crippen molar-refractivity contribution in [3.05, 3.63) is 83.8 Å². The van der Waals surface area contributed by atoms with Crippen LogP contribution in [0.1, 0.15) is 34.5 Å². The van der Waals surface area contributed by atoms with Crippen molar-refractivity contribution in [1.29, 1.82) is 0 Å². The summed E-state index contributed by atoms with van der Waals surface area (Å²) in [5.41, 5.74) is 2.95. The summed E-state index contributed by atoms with van der Waals surface area (Å²) >= 11 is 0. The number of pyridine rings is 2. The van der Waals surface area contributed by atoms with Gasteiger partial charge in [0.2, 0.25) is 0 Å². The van der Waals surface area contributed by atoms with Crippen LogP contribution in [0.15, 0.2) is 67.1 Å². The Kier molecular flexibility index (Phi) is 4.95. The fraction of sp³-hybridized carbons (Fsp3) is 0.182. The van der Waals surface area contributed by atoms with E-state index in [0.29, 0.717) is 23.6 Å². The number of rotatable bonds is 4. The molecule has 0 saturated carbocycles. The number of anilines is 2. The number of methoxy groups -OCH3 is 1. The number of urea groups is 1. The number of benzene rings is 1. The Bertz CT molecular complexity index is 1040. The van der Waals surface area contributed by atoms with Crippen LogP contribution in [0.5, 0.6) is 0 Å². The van der Waals surface area contributed by atoms with Gasteiger partial charge in [-0.25, -0.2) is 19.5 Å². The monoisotopic (exact) mass is 388 g/mol. The average molecular weight is 388 g/mol. The molecular formula is C22H20N4O3. The molecule has 3 aromatic rings. The predicted octanol–water partition coefficient (Wildman–Crippen LogP) is 4.10. The normalized spacial score (nSPS) is 14.3. The van der Waals surface area contributed by atoms with Gasteiger partial charge in [-0.05, 0) is 48.9 Å². The molecule has 2 aromatic heterocycles. The summed E-state index contributed by atoms with van der Waals surface area (Å²) in [5.74, 6) is 0.171. The number of carbonyl (C=O) groups excluding carboxylic acids is 2. The Hall–Kier alpha value is -3.74. The van der Waals surface area contributed by atoms with Gasteiger partial charge in [-0.15, -0.1) is 0 Å². The standard InChI is InChI=1S/C22H20N4O3/c1-15(17-5-3-11-23-13-17)25-14-18-6-4-12-24-20(18)26(22(25)28)19-9-7-16(8-10-19)21(27)29-2/h3-13,15H,14H2,1-2H3. The molecule has 0 spiro atoms. The Balaban J connectivity index is 1.74. The maximum Gasteiger partial charge on any atom is 0.337 e. The van der Waals surface area contributed by atoms with Gasteiger partial charge < -0.3 is 9.64 Å². The average Bonchev–Trinajstić information content (AvgIpc) is 2.78. The van der Waals surface area contributed by atoms with Crippen molar-refractivity contribution in [3.63, 3.8) is 0 Å². The van der Waals surface area contributed by atoms with Gasteiger partial charge in [-0.3, -0.25) is 4.98 Å². The van der Waals surface area contributed by atoms with Gasteiger partial charge in [0.05, 0.1) is 30.9 Å². The molecule has 7 heteroatoms. The lowest BCUT2D eigenvalue weighted by Gasteiger charge is -2.39. The molecule has 0 bridgehead atoms. The SMILES string of the molecule is COC(=O)c1ccc(N2C(=O)N(C(C)c3cccnc3)Cc3cccnc32)cc1. The van der Waals surface area contributed by atoms with E-state index in [1.165, 1.54) is 7.11 Å². The predicted molar refractivity (Wildman–Crippen MR) is 108 cm³/mol. The molecule has 7 nitrogen and oxygen atoms in total. The molecular weight excluding hydrogens is 368 g/mol. The summed E-state index contributed by atoms with van der Waals surface area (Å²) < 4.78 is 4.75. The van der Waals surface area contributed by atoms with Gasteiger partial charge in [0, 0.05) is 24.2 Å². The summed E-state index contributed by atoms with van der Waals surface area (Å²) in [6, 6.07) is 14.0. The van der Waals surface area contributed by atoms with Crippen molar-refractivity contribution in [2.75, 3.05) is 12.0 Å². The molecule has 0 aliphatic carbocycles. The number of carbonyl (C=O) groups is 2. The molecule has 0 fully saturated rings. The highest BCUT2D eigenvalue weighted by atomic mass is 16.5. The number of esters is 1. The van der Waals surface area contributed by atoms with Gasteiger partial charge in [-0.1, -0.05) is 12.1 Å². The topological polar surface area (TPSA) is 75.6 Å². The maximum absolute atomic E-state index is 13.5. The highest BCUT2D eigenvalue weighted by molar-refractivity contribution is 6.01. The number of fused-ring (bicyclic) bond motifs is 1. The summed E-state index contributed by atoms with van der Waals surface area (Å²) in [6.45, 7) is 2.43. The molecule has 4 rings (SSSR count). The summed E-state index contributed by atoms with van der Waals surface area (Å²) in [4.78, 5) is 37.2. The van der Waals surface area contributed by atoms with Crippen LogP contribution >= 0.6 is 0 Å². The van der Waals surface area contributed by atoms with E-state index in [0.717, 1.165) is 11.1 Å². The lowest BCUT2D eigenvalue weighted by molar-refractivity contribution is 0.0600. The fourth-order valence-electron chi connectivity index (χ4n) is 3.43. The largest absolute Gasteiger partial charge is 0.465 e. The van der Waals surface area contributed by atoms with Crippen LogP contribution < -0.4 is 4.90 Å². The summed E-state index contributed by atoms with van der Waals surface area (Å²) in [6.07, 6.45) is 5.15. The number of hydrogen-bond acceptors (Lipinski definition) is 5. The van der Waals surface area contributed by atoms with Gasteiger partial charge in [0.1, 0.15) is 5.82 Å². The molecule has 3 heterocycles. The van der Waals surface area contributed by atoms with Gasteiger partial charge >= 0.3 is 12.0 Å². The third-order valence-corrected chi connectivity index (χ3v) is 5.04. The molecule has 0 radical (unpaired) electrons. The minimum atomic E-state index is -0.424. The van der Waals surface area contributed by atoms with E-state index in [4.69, 9.17) is 4.74 Å².